The number of ether oxygens (including phenoxy) is 1. The van der Waals surface area contributed by atoms with Gasteiger partial charge in [-0.2, -0.15) is 0 Å². The molecule has 1 aromatic carbocycles. The Morgan fingerprint density at radius 1 is 1.44 bits per heavy atom. The Hall–Kier alpha value is -2.30. The summed E-state index contributed by atoms with van der Waals surface area (Å²) in [6, 6.07) is 7.22. The average molecular weight is 249 g/mol. The monoisotopic (exact) mass is 249 g/mol. The number of rotatable bonds is 5. The van der Waals surface area contributed by atoms with Crippen LogP contribution in [0.4, 0.5) is 4.79 Å². The van der Waals surface area contributed by atoms with Crippen LogP contribution in [0.2, 0.25) is 0 Å². The Bertz CT molecular complexity index is 454. The molecule has 96 valence electrons. The summed E-state index contributed by atoms with van der Waals surface area (Å²) in [7, 11) is 0. The number of carbonyl (C=O) groups is 2. The van der Waals surface area contributed by atoms with Crippen LogP contribution >= 0.6 is 0 Å². The van der Waals surface area contributed by atoms with Gasteiger partial charge in [-0.1, -0.05) is 18.2 Å². The third kappa shape index (κ3) is 5.16. The van der Waals surface area contributed by atoms with Gasteiger partial charge in [0, 0.05) is 12.6 Å². The molecule has 0 atom stereocenters. The highest BCUT2D eigenvalue weighted by molar-refractivity contribution is 5.85. The molecule has 5 heteroatoms. The molecular weight excluding hydrogens is 234 g/mol. The molecule has 0 spiro atoms. The molecule has 0 fully saturated rings. The summed E-state index contributed by atoms with van der Waals surface area (Å²) in [4.78, 5) is 21.5. The van der Waals surface area contributed by atoms with Crippen molar-refractivity contribution in [3.8, 4) is 0 Å². The summed E-state index contributed by atoms with van der Waals surface area (Å²) in [5, 5.41) is 11.1. The van der Waals surface area contributed by atoms with Gasteiger partial charge < -0.3 is 15.2 Å². The van der Waals surface area contributed by atoms with Gasteiger partial charge >= 0.3 is 12.1 Å². The smallest absolute Gasteiger partial charge is 0.407 e. The summed E-state index contributed by atoms with van der Waals surface area (Å²) in [5.41, 5.74) is 1.64. The molecule has 0 aliphatic carbocycles. The average Bonchev–Trinajstić information content (AvgIpc) is 2.35. The Morgan fingerprint density at radius 3 is 2.89 bits per heavy atom. The van der Waals surface area contributed by atoms with Crippen molar-refractivity contribution in [3.05, 3.63) is 41.5 Å². The molecule has 0 aliphatic heterocycles. The number of hydrogen-bond acceptors (Lipinski definition) is 3. The largest absolute Gasteiger partial charge is 0.478 e. The van der Waals surface area contributed by atoms with Gasteiger partial charge in [-0.25, -0.2) is 9.59 Å². The van der Waals surface area contributed by atoms with E-state index in [4.69, 9.17) is 9.84 Å². The van der Waals surface area contributed by atoms with Crippen LogP contribution in [0, 0.1) is 0 Å². The van der Waals surface area contributed by atoms with E-state index in [-0.39, 0.29) is 0 Å². The predicted octanol–water partition coefficient (Wildman–Crippen LogP) is 2.03. The fraction of sp³-hybridized carbons (Fsp3) is 0.231. The van der Waals surface area contributed by atoms with E-state index in [0.717, 1.165) is 17.2 Å². The van der Waals surface area contributed by atoms with Crippen molar-refractivity contribution in [1.82, 2.24) is 5.32 Å². The van der Waals surface area contributed by atoms with Gasteiger partial charge in [0.15, 0.2) is 0 Å². The molecule has 2 N–H and O–H groups in total. The van der Waals surface area contributed by atoms with E-state index in [1.54, 1.807) is 25.1 Å². The molecule has 0 saturated carbocycles. The van der Waals surface area contributed by atoms with Crippen LogP contribution in [0.1, 0.15) is 18.1 Å². The van der Waals surface area contributed by atoms with Gasteiger partial charge in [0.05, 0.1) is 6.61 Å². The normalized spacial score (nSPS) is 10.3. The minimum absolute atomic E-state index is 0.327. The van der Waals surface area contributed by atoms with Crippen molar-refractivity contribution >= 4 is 18.1 Å². The lowest BCUT2D eigenvalue weighted by Crippen LogP contribution is -2.23. The third-order valence-corrected chi connectivity index (χ3v) is 2.08. The summed E-state index contributed by atoms with van der Waals surface area (Å²) < 4.78 is 4.73. The minimum atomic E-state index is -0.995. The number of carbonyl (C=O) groups excluding carboxylic acids is 1. The number of amides is 1. The van der Waals surface area contributed by atoms with Crippen molar-refractivity contribution in [1.29, 1.82) is 0 Å². The molecule has 5 nitrogen and oxygen atoms in total. The van der Waals surface area contributed by atoms with E-state index in [9.17, 15) is 9.59 Å². The maximum absolute atomic E-state index is 11.1. The molecule has 0 bridgehead atoms. The van der Waals surface area contributed by atoms with Gasteiger partial charge in [0.2, 0.25) is 0 Å². The first kappa shape index (κ1) is 13.8. The lowest BCUT2D eigenvalue weighted by atomic mass is 10.1. The molecule has 0 heterocycles. The first-order valence-electron chi connectivity index (χ1n) is 5.52. The molecule has 0 aliphatic rings. The van der Waals surface area contributed by atoms with Gasteiger partial charge in [0.25, 0.3) is 0 Å². The van der Waals surface area contributed by atoms with Crippen LogP contribution in [0.5, 0.6) is 0 Å². The van der Waals surface area contributed by atoms with E-state index in [2.05, 4.69) is 5.32 Å². The zero-order valence-electron chi connectivity index (χ0n) is 10.1. The van der Waals surface area contributed by atoms with Gasteiger partial charge in [-0.3, -0.25) is 0 Å². The fourth-order valence-corrected chi connectivity index (χ4v) is 1.33. The summed E-state index contributed by atoms with van der Waals surface area (Å²) in [6.45, 7) is 2.40. The topological polar surface area (TPSA) is 75.6 Å². The standard InChI is InChI=1S/C13H15NO4/c1-2-18-13(17)14-9-11-5-3-4-10(8-11)6-7-12(15)16/h3-8H,2,9H2,1H3,(H,14,17)(H,15,16). The molecule has 18 heavy (non-hydrogen) atoms. The maximum atomic E-state index is 11.1. The number of hydrogen-bond donors (Lipinski definition) is 2. The van der Waals surface area contributed by atoms with Crippen molar-refractivity contribution in [2.24, 2.45) is 0 Å². The molecule has 0 unspecified atom stereocenters. The number of carboxylic acids is 1. The second kappa shape index (κ2) is 7.11. The molecule has 1 aromatic rings. The summed E-state index contributed by atoms with van der Waals surface area (Å²) in [5.74, 6) is -0.995. The Kier molecular flexibility index (Phi) is 5.44. The zero-order chi connectivity index (χ0) is 13.4. The first-order valence-corrected chi connectivity index (χ1v) is 5.52. The summed E-state index contributed by atoms with van der Waals surface area (Å²) in [6.07, 6.45) is 2.10. The second-order valence-electron chi connectivity index (χ2n) is 3.49. The Labute approximate surface area is 105 Å². The van der Waals surface area contributed by atoms with Crippen molar-refractivity contribution < 1.29 is 19.4 Å². The SMILES string of the molecule is CCOC(=O)NCc1cccc(C=CC(=O)O)c1. The lowest BCUT2D eigenvalue weighted by molar-refractivity contribution is -0.131. The molecule has 0 saturated heterocycles. The number of aliphatic carboxylic acids is 1. The van der Waals surface area contributed by atoms with Gasteiger partial charge in [-0.05, 0) is 30.2 Å². The maximum Gasteiger partial charge on any atom is 0.407 e. The minimum Gasteiger partial charge on any atom is -0.478 e. The van der Waals surface area contributed by atoms with Gasteiger partial charge in [0.1, 0.15) is 0 Å². The van der Waals surface area contributed by atoms with E-state index in [0.29, 0.717) is 13.2 Å². The Morgan fingerprint density at radius 2 is 2.22 bits per heavy atom. The highest BCUT2D eigenvalue weighted by atomic mass is 16.5. The van der Waals surface area contributed by atoms with Crippen LogP contribution in [-0.2, 0) is 16.1 Å². The highest BCUT2D eigenvalue weighted by Gasteiger charge is 2.00. The van der Waals surface area contributed by atoms with E-state index >= 15 is 0 Å². The zero-order valence-corrected chi connectivity index (χ0v) is 10.1. The lowest BCUT2D eigenvalue weighted by Gasteiger charge is -2.05. The first-order chi connectivity index (χ1) is 8.61. The van der Waals surface area contributed by atoms with Crippen molar-refractivity contribution in [2.45, 2.75) is 13.5 Å². The highest BCUT2D eigenvalue weighted by Crippen LogP contribution is 2.07. The number of nitrogens with one attached hydrogen (secondary N) is 1. The second-order valence-corrected chi connectivity index (χ2v) is 3.49. The molecular formula is C13H15NO4. The third-order valence-electron chi connectivity index (χ3n) is 2.08. The fourth-order valence-electron chi connectivity index (χ4n) is 1.33. The van der Waals surface area contributed by atoms with Crippen LogP contribution in [0.3, 0.4) is 0 Å². The number of alkyl carbamates (subject to hydrolysis) is 1. The predicted molar refractivity (Wildman–Crippen MR) is 67.0 cm³/mol. The number of carboxylic acid groups (broad SMARTS) is 1. The van der Waals surface area contributed by atoms with E-state index < -0.39 is 12.1 Å². The molecule has 1 amide bonds. The molecule has 0 aromatic heterocycles. The van der Waals surface area contributed by atoms with E-state index in [1.165, 1.54) is 6.08 Å². The van der Waals surface area contributed by atoms with Crippen LogP contribution < -0.4 is 5.32 Å². The molecule has 1 rings (SSSR count). The van der Waals surface area contributed by atoms with Crippen molar-refractivity contribution in [2.75, 3.05) is 6.61 Å². The van der Waals surface area contributed by atoms with Gasteiger partial charge in [-0.15, -0.1) is 0 Å². The van der Waals surface area contributed by atoms with Crippen LogP contribution in [-0.4, -0.2) is 23.8 Å². The van der Waals surface area contributed by atoms with Crippen LogP contribution in [0.15, 0.2) is 30.3 Å². The quantitative estimate of drug-likeness (QED) is 0.783. The molecule has 0 radical (unpaired) electrons. The van der Waals surface area contributed by atoms with Crippen LogP contribution in [0.25, 0.3) is 6.08 Å². The summed E-state index contributed by atoms with van der Waals surface area (Å²) >= 11 is 0. The van der Waals surface area contributed by atoms with Crippen molar-refractivity contribution in [3.63, 3.8) is 0 Å². The number of benzene rings is 1. The van der Waals surface area contributed by atoms with E-state index in [1.807, 2.05) is 6.07 Å². The Balaban J connectivity index is 2.59.